The van der Waals surface area contributed by atoms with E-state index in [9.17, 15) is 4.39 Å². The molecule has 0 saturated heterocycles. The van der Waals surface area contributed by atoms with Gasteiger partial charge in [0, 0.05) is 0 Å². The van der Waals surface area contributed by atoms with Gasteiger partial charge in [-0.15, -0.1) is 0 Å². The molecule has 1 aromatic carbocycles. The Hall–Kier alpha value is -2.15. The summed E-state index contributed by atoms with van der Waals surface area (Å²) in [4.78, 5) is 0. The maximum Gasteiger partial charge on any atom is 0.123 e. The highest BCUT2D eigenvalue weighted by Gasteiger charge is 2.11. The van der Waals surface area contributed by atoms with Crippen molar-refractivity contribution >= 4 is 0 Å². The summed E-state index contributed by atoms with van der Waals surface area (Å²) in [6, 6.07) is 5.09. The minimum absolute atomic E-state index is 0.152. The summed E-state index contributed by atoms with van der Waals surface area (Å²) < 4.78 is 13.2. The molecule has 1 aliphatic rings. The van der Waals surface area contributed by atoms with Crippen molar-refractivity contribution in [1.82, 2.24) is 0 Å². The van der Waals surface area contributed by atoms with E-state index in [1.165, 1.54) is 27.9 Å². The summed E-state index contributed by atoms with van der Waals surface area (Å²) in [5, 5.41) is 0. The highest BCUT2D eigenvalue weighted by molar-refractivity contribution is 5.52. The van der Waals surface area contributed by atoms with E-state index in [2.05, 4.69) is 64.2 Å². The first-order valence-electron chi connectivity index (χ1n) is 10.0. The molecule has 1 atom stereocenters. The molecule has 2 rings (SSSR count). The van der Waals surface area contributed by atoms with Crippen molar-refractivity contribution in [2.24, 2.45) is 5.92 Å². The van der Waals surface area contributed by atoms with Crippen molar-refractivity contribution in [1.29, 1.82) is 0 Å². The second kappa shape index (κ2) is 10.3. The van der Waals surface area contributed by atoms with E-state index in [-0.39, 0.29) is 5.82 Å². The van der Waals surface area contributed by atoms with Gasteiger partial charge >= 0.3 is 0 Å². The Bertz CT molecular complexity index is 799. The Morgan fingerprint density at radius 1 is 1.22 bits per heavy atom. The Morgan fingerprint density at radius 2 is 2.00 bits per heavy atom. The van der Waals surface area contributed by atoms with Gasteiger partial charge in [0.25, 0.3) is 0 Å². The van der Waals surface area contributed by atoms with Crippen molar-refractivity contribution in [2.45, 2.75) is 60.3 Å². The van der Waals surface area contributed by atoms with E-state index in [4.69, 9.17) is 0 Å². The quantitative estimate of drug-likeness (QED) is 0.342. The molecule has 0 amide bonds. The molecular formula is C26H33F. The molecule has 0 bridgehead atoms. The Labute approximate surface area is 164 Å². The smallest absolute Gasteiger partial charge is 0.123 e. The van der Waals surface area contributed by atoms with Gasteiger partial charge in [0.2, 0.25) is 0 Å². The van der Waals surface area contributed by atoms with Gasteiger partial charge in [-0.1, -0.05) is 55.0 Å². The first-order chi connectivity index (χ1) is 12.9. The molecule has 1 unspecified atom stereocenters. The third kappa shape index (κ3) is 6.50. The van der Waals surface area contributed by atoms with Crippen LogP contribution in [0.15, 0.2) is 76.9 Å². The zero-order chi connectivity index (χ0) is 19.8. The van der Waals surface area contributed by atoms with E-state index in [0.29, 0.717) is 5.92 Å². The average molecular weight is 365 g/mol. The van der Waals surface area contributed by atoms with Crippen LogP contribution < -0.4 is 0 Å². The highest BCUT2D eigenvalue weighted by atomic mass is 19.1. The van der Waals surface area contributed by atoms with Crippen molar-refractivity contribution in [2.75, 3.05) is 0 Å². The molecule has 0 saturated carbocycles. The van der Waals surface area contributed by atoms with Crippen molar-refractivity contribution in [3.8, 4) is 0 Å². The Kier molecular flexibility index (Phi) is 8.03. The molecule has 0 spiro atoms. The predicted octanol–water partition coefficient (Wildman–Crippen LogP) is 7.82. The van der Waals surface area contributed by atoms with Crippen LogP contribution in [0.5, 0.6) is 0 Å². The van der Waals surface area contributed by atoms with Crippen LogP contribution in [-0.4, -0.2) is 0 Å². The molecule has 1 aromatic rings. The highest BCUT2D eigenvalue weighted by Crippen LogP contribution is 2.29. The number of rotatable bonds is 7. The van der Waals surface area contributed by atoms with Crippen molar-refractivity contribution in [3.63, 3.8) is 0 Å². The SMILES string of the molecule is C/C=C\C(=C/C/C=C(\C)CCc1ccc(F)cc1C)C1=CCC(C)C=C1C. The van der Waals surface area contributed by atoms with Gasteiger partial charge < -0.3 is 0 Å². The molecule has 27 heavy (non-hydrogen) atoms. The summed E-state index contributed by atoms with van der Waals surface area (Å²) in [6.07, 6.45) is 17.7. The molecule has 0 heterocycles. The van der Waals surface area contributed by atoms with Crippen LogP contribution in [0, 0.1) is 18.7 Å². The fourth-order valence-electron chi connectivity index (χ4n) is 3.60. The zero-order valence-corrected chi connectivity index (χ0v) is 17.5. The lowest BCUT2D eigenvalue weighted by molar-refractivity contribution is 0.625. The number of allylic oxidation sites excluding steroid dienone is 10. The van der Waals surface area contributed by atoms with E-state index >= 15 is 0 Å². The number of aryl methyl sites for hydroxylation is 2. The van der Waals surface area contributed by atoms with Crippen LogP contribution >= 0.6 is 0 Å². The lowest BCUT2D eigenvalue weighted by Crippen LogP contribution is -2.01. The third-order valence-corrected chi connectivity index (χ3v) is 5.21. The second-order valence-electron chi connectivity index (χ2n) is 7.70. The first kappa shape index (κ1) is 21.2. The van der Waals surface area contributed by atoms with E-state index in [1.807, 2.05) is 13.0 Å². The average Bonchev–Trinajstić information content (AvgIpc) is 2.60. The van der Waals surface area contributed by atoms with Gasteiger partial charge in [0.1, 0.15) is 5.82 Å². The van der Waals surface area contributed by atoms with Gasteiger partial charge in [-0.25, -0.2) is 4.39 Å². The van der Waals surface area contributed by atoms with Gasteiger partial charge in [0.05, 0.1) is 0 Å². The maximum atomic E-state index is 13.2. The van der Waals surface area contributed by atoms with Crippen LogP contribution in [0.1, 0.15) is 58.1 Å². The minimum atomic E-state index is -0.152. The number of benzene rings is 1. The number of halogens is 1. The molecule has 0 nitrogen and oxygen atoms in total. The molecule has 0 radical (unpaired) electrons. The minimum Gasteiger partial charge on any atom is -0.207 e. The summed E-state index contributed by atoms with van der Waals surface area (Å²) in [5.41, 5.74) is 7.73. The lowest BCUT2D eigenvalue weighted by atomic mass is 9.87. The third-order valence-electron chi connectivity index (χ3n) is 5.21. The van der Waals surface area contributed by atoms with Crippen LogP contribution in [-0.2, 0) is 6.42 Å². The second-order valence-corrected chi connectivity index (χ2v) is 7.70. The molecule has 144 valence electrons. The summed E-state index contributed by atoms with van der Waals surface area (Å²) in [6.45, 7) is 10.7. The van der Waals surface area contributed by atoms with Gasteiger partial charge in [-0.05, 0) is 99.3 Å². The van der Waals surface area contributed by atoms with Crippen molar-refractivity contribution < 1.29 is 4.39 Å². The lowest BCUT2D eigenvalue weighted by Gasteiger charge is -2.18. The van der Waals surface area contributed by atoms with Gasteiger partial charge in [-0.3, -0.25) is 0 Å². The van der Waals surface area contributed by atoms with Gasteiger partial charge in [-0.2, -0.15) is 0 Å². The fraction of sp³-hybridized carbons (Fsp3) is 0.385. The molecular weight excluding hydrogens is 331 g/mol. The van der Waals surface area contributed by atoms with E-state index in [0.717, 1.165) is 31.2 Å². The molecule has 1 heteroatoms. The largest absolute Gasteiger partial charge is 0.207 e. The van der Waals surface area contributed by atoms with Crippen molar-refractivity contribution in [3.05, 3.63) is 93.9 Å². The fourth-order valence-corrected chi connectivity index (χ4v) is 3.60. The molecule has 0 N–H and O–H groups in total. The number of hydrogen-bond acceptors (Lipinski definition) is 0. The molecule has 0 aliphatic heterocycles. The summed E-state index contributed by atoms with van der Waals surface area (Å²) >= 11 is 0. The molecule has 0 aromatic heterocycles. The van der Waals surface area contributed by atoms with Gasteiger partial charge in [0.15, 0.2) is 0 Å². The standard InChI is InChI=1S/C26H33F/c1-6-8-24(26-16-12-20(3)17-22(26)5)10-7-9-19(2)11-13-23-14-15-25(27)18-21(23)4/h6,8-10,14-18,20H,7,11-13H2,1-5H3/b8-6-,19-9+,24-10+. The van der Waals surface area contributed by atoms with E-state index < -0.39 is 0 Å². The van der Waals surface area contributed by atoms with E-state index in [1.54, 1.807) is 12.1 Å². The Morgan fingerprint density at radius 3 is 2.67 bits per heavy atom. The van der Waals surface area contributed by atoms with Crippen LogP contribution in [0.25, 0.3) is 0 Å². The topological polar surface area (TPSA) is 0 Å². The molecule has 0 fully saturated rings. The Balaban J connectivity index is 2.00. The normalized spacial score (nSPS) is 18.7. The monoisotopic (exact) mass is 364 g/mol. The first-order valence-corrected chi connectivity index (χ1v) is 10.0. The summed E-state index contributed by atoms with van der Waals surface area (Å²) in [7, 11) is 0. The zero-order valence-electron chi connectivity index (χ0n) is 17.5. The predicted molar refractivity (Wildman–Crippen MR) is 116 cm³/mol. The maximum absolute atomic E-state index is 13.2. The van der Waals surface area contributed by atoms with Crippen LogP contribution in [0.4, 0.5) is 4.39 Å². The van der Waals surface area contributed by atoms with Crippen LogP contribution in [0.2, 0.25) is 0 Å². The molecule has 1 aliphatic carbocycles. The van der Waals surface area contributed by atoms with Crippen LogP contribution in [0.3, 0.4) is 0 Å². The number of hydrogen-bond donors (Lipinski definition) is 0. The summed E-state index contributed by atoms with van der Waals surface area (Å²) in [5.74, 6) is 0.485.